The quantitative estimate of drug-likeness (QED) is 0.236. The van der Waals surface area contributed by atoms with E-state index in [-0.39, 0.29) is 57.0 Å². The minimum absolute atomic E-state index is 0.112. The molecule has 168 valence electrons. The molecule has 2 nitrogen and oxygen atoms in total. The molecule has 2 heteroatoms. The summed E-state index contributed by atoms with van der Waals surface area (Å²) >= 11 is 0. The second-order valence-electron chi connectivity index (χ2n) is 8.71. The summed E-state index contributed by atoms with van der Waals surface area (Å²) < 4.78 is 82.7. The maximum Gasteiger partial charge on any atom is 0.139 e. The molecule has 2 heterocycles. The fraction of sp³-hybridized carbons (Fsp3) is 0. The minimum atomic E-state index is -0.456. The number of hydrogen-bond acceptors (Lipinski definition) is 2. The van der Waals surface area contributed by atoms with Gasteiger partial charge in [0.25, 0.3) is 0 Å². The van der Waals surface area contributed by atoms with Crippen LogP contribution in [0.4, 0.5) is 0 Å². The molecule has 0 aliphatic carbocycles. The molecule has 0 amide bonds. The summed E-state index contributed by atoms with van der Waals surface area (Å²) in [6.07, 6.45) is 0. The van der Waals surface area contributed by atoms with E-state index < -0.39 is 24.2 Å². The average Bonchev–Trinajstić information content (AvgIpc) is 3.62. The molecule has 0 aliphatic rings. The maximum absolute atomic E-state index is 9.05. The van der Waals surface area contributed by atoms with Gasteiger partial charge in [0.15, 0.2) is 0 Å². The monoisotopic (exact) mass is 468 g/mol. The fourth-order valence-corrected chi connectivity index (χ4v) is 5.15. The molecule has 0 unspecified atom stereocenters. The van der Waals surface area contributed by atoms with Crippen molar-refractivity contribution >= 4 is 54.5 Å². The van der Waals surface area contributed by atoms with Crippen LogP contribution in [0.25, 0.3) is 76.9 Å². The fourth-order valence-electron chi connectivity index (χ4n) is 5.15. The molecular formula is C34H20O2. The maximum atomic E-state index is 9.05. The van der Waals surface area contributed by atoms with Gasteiger partial charge in [-0.15, -0.1) is 0 Å². The number of benzene rings is 6. The number of para-hydroxylation sites is 1. The smallest absolute Gasteiger partial charge is 0.139 e. The van der Waals surface area contributed by atoms with E-state index in [0.29, 0.717) is 27.7 Å². The largest absolute Gasteiger partial charge is 0.456 e. The third-order valence-electron chi connectivity index (χ3n) is 6.70. The summed E-state index contributed by atoms with van der Waals surface area (Å²) in [4.78, 5) is 0. The van der Waals surface area contributed by atoms with Gasteiger partial charge in [0.2, 0.25) is 0 Å². The second kappa shape index (κ2) is 7.34. The molecule has 6 aromatic carbocycles. The summed E-state index contributed by atoms with van der Waals surface area (Å²) in [5.41, 5.74) is 2.83. The summed E-state index contributed by atoms with van der Waals surface area (Å²) in [5.74, 6) is 0.210. The normalized spacial score (nSPS) is 15.0. The molecule has 8 aromatic rings. The Balaban J connectivity index is 1.62. The Morgan fingerprint density at radius 1 is 0.472 bits per heavy atom. The van der Waals surface area contributed by atoms with Gasteiger partial charge in [-0.05, 0) is 50.9 Å². The highest BCUT2D eigenvalue weighted by Crippen LogP contribution is 2.45. The summed E-state index contributed by atoms with van der Waals surface area (Å²) in [5, 5.41) is 3.03. The zero-order chi connectivity index (χ0) is 30.6. The topological polar surface area (TPSA) is 26.3 Å². The SMILES string of the molecule is [2H]c1c([2H])c([2H])c2c(-c3cc4cc5c(cc4o3)oc3ccccc35)c3c([2H])c([2H])c([2H])c([2H])c3c(-c3ccccc3)c2c1[2H]. The first-order valence-electron chi connectivity index (χ1n) is 15.5. The Kier molecular flexibility index (Phi) is 2.71. The van der Waals surface area contributed by atoms with Crippen LogP contribution in [0.1, 0.15) is 11.0 Å². The van der Waals surface area contributed by atoms with E-state index in [9.17, 15) is 0 Å². The van der Waals surface area contributed by atoms with Gasteiger partial charge >= 0.3 is 0 Å². The van der Waals surface area contributed by atoms with E-state index in [1.54, 1.807) is 42.5 Å². The molecule has 2 aromatic heterocycles. The molecule has 0 bridgehead atoms. The lowest BCUT2D eigenvalue weighted by atomic mass is 9.87. The predicted octanol–water partition coefficient (Wildman–Crippen LogP) is 9.97. The van der Waals surface area contributed by atoms with Gasteiger partial charge in [0.05, 0.1) is 11.0 Å². The van der Waals surface area contributed by atoms with Crippen LogP contribution in [0.3, 0.4) is 0 Å². The Hall–Kier alpha value is -4.82. The van der Waals surface area contributed by atoms with Crippen molar-refractivity contribution in [1.29, 1.82) is 0 Å². The van der Waals surface area contributed by atoms with Gasteiger partial charge < -0.3 is 8.83 Å². The van der Waals surface area contributed by atoms with Crippen molar-refractivity contribution in [3.8, 4) is 22.5 Å². The van der Waals surface area contributed by atoms with Crippen LogP contribution in [0.5, 0.6) is 0 Å². The van der Waals surface area contributed by atoms with Gasteiger partial charge in [-0.25, -0.2) is 0 Å². The molecule has 0 N–H and O–H groups in total. The van der Waals surface area contributed by atoms with Crippen LogP contribution in [0, 0.1) is 0 Å². The van der Waals surface area contributed by atoms with Crippen molar-refractivity contribution in [3.05, 3.63) is 121 Å². The predicted molar refractivity (Wildman–Crippen MR) is 149 cm³/mol. The van der Waals surface area contributed by atoms with Crippen LogP contribution in [0.2, 0.25) is 0 Å². The molecule has 0 radical (unpaired) electrons. The Bertz CT molecular complexity index is 2450. The van der Waals surface area contributed by atoms with Crippen LogP contribution in [0.15, 0.2) is 130 Å². The van der Waals surface area contributed by atoms with Crippen LogP contribution < -0.4 is 0 Å². The molecule has 0 fully saturated rings. The molecule has 0 aliphatic heterocycles. The van der Waals surface area contributed by atoms with Crippen molar-refractivity contribution in [3.63, 3.8) is 0 Å². The van der Waals surface area contributed by atoms with Crippen molar-refractivity contribution in [2.75, 3.05) is 0 Å². The summed E-state index contributed by atoms with van der Waals surface area (Å²) in [6.45, 7) is 0. The van der Waals surface area contributed by atoms with Crippen LogP contribution in [-0.4, -0.2) is 0 Å². The van der Waals surface area contributed by atoms with Gasteiger partial charge in [-0.2, -0.15) is 0 Å². The van der Waals surface area contributed by atoms with E-state index in [4.69, 9.17) is 19.8 Å². The average molecular weight is 469 g/mol. The Labute approximate surface area is 218 Å². The number of rotatable bonds is 2. The van der Waals surface area contributed by atoms with Crippen molar-refractivity contribution in [2.45, 2.75) is 0 Å². The summed E-state index contributed by atoms with van der Waals surface area (Å²) in [7, 11) is 0. The van der Waals surface area contributed by atoms with E-state index in [2.05, 4.69) is 0 Å². The van der Waals surface area contributed by atoms with Gasteiger partial charge in [-0.3, -0.25) is 0 Å². The second-order valence-corrected chi connectivity index (χ2v) is 8.71. The van der Waals surface area contributed by atoms with E-state index in [1.165, 1.54) is 0 Å². The van der Waals surface area contributed by atoms with Crippen molar-refractivity contribution < 1.29 is 19.8 Å². The zero-order valence-electron chi connectivity index (χ0n) is 26.7. The zero-order valence-corrected chi connectivity index (χ0v) is 18.7. The van der Waals surface area contributed by atoms with Crippen molar-refractivity contribution in [1.82, 2.24) is 0 Å². The highest BCUT2D eigenvalue weighted by molar-refractivity contribution is 6.21. The Morgan fingerprint density at radius 3 is 1.83 bits per heavy atom. The third kappa shape index (κ3) is 2.73. The standard InChI is InChI=1S/C34H20O2/c1-2-10-21(11-3-1)33-24-13-4-6-15-26(24)34(27-16-7-5-14-25(27)33)32-19-22-18-28-23-12-8-9-17-29(23)35-31(28)20-30(22)36-32/h1-20H/i4D,5D,6D,7D,13D,14D,15D,16D. The Morgan fingerprint density at radius 2 is 1.11 bits per heavy atom. The van der Waals surface area contributed by atoms with Crippen LogP contribution >= 0.6 is 0 Å². The first kappa shape index (κ1) is 13.3. The molecule has 0 saturated carbocycles. The highest BCUT2D eigenvalue weighted by atomic mass is 16.3. The van der Waals surface area contributed by atoms with E-state index >= 15 is 0 Å². The number of furan rings is 2. The molecule has 36 heavy (non-hydrogen) atoms. The lowest BCUT2D eigenvalue weighted by Gasteiger charge is -2.16. The van der Waals surface area contributed by atoms with Gasteiger partial charge in [-0.1, -0.05) is 96.9 Å². The number of fused-ring (bicyclic) bond motifs is 6. The summed E-state index contributed by atoms with van der Waals surface area (Å²) in [6, 6.07) is 18.9. The third-order valence-corrected chi connectivity index (χ3v) is 6.70. The van der Waals surface area contributed by atoms with Gasteiger partial charge in [0, 0.05) is 27.8 Å². The van der Waals surface area contributed by atoms with E-state index in [1.807, 2.05) is 30.3 Å². The lowest BCUT2D eigenvalue weighted by Crippen LogP contribution is -1.89. The van der Waals surface area contributed by atoms with Crippen molar-refractivity contribution in [2.24, 2.45) is 0 Å². The van der Waals surface area contributed by atoms with E-state index in [0.717, 1.165) is 16.4 Å². The van der Waals surface area contributed by atoms with Gasteiger partial charge in [0.1, 0.15) is 22.5 Å². The number of hydrogen-bond donors (Lipinski definition) is 0. The molecular weight excluding hydrogens is 440 g/mol. The molecule has 0 spiro atoms. The minimum Gasteiger partial charge on any atom is -0.456 e. The highest BCUT2D eigenvalue weighted by Gasteiger charge is 2.19. The van der Waals surface area contributed by atoms with Crippen LogP contribution in [-0.2, 0) is 0 Å². The molecule has 0 atom stereocenters. The lowest BCUT2D eigenvalue weighted by molar-refractivity contribution is 0.629. The first-order valence-corrected chi connectivity index (χ1v) is 11.5. The molecule has 8 rings (SSSR count). The first-order chi connectivity index (χ1) is 21.2. The molecule has 0 saturated heterocycles.